The molecule has 5 heteroatoms. The molecule has 1 unspecified atom stereocenters. The Labute approximate surface area is 102 Å². The topological polar surface area (TPSA) is 46.6 Å². The van der Waals surface area contributed by atoms with Crippen LogP contribution in [0.15, 0.2) is 30.3 Å². The van der Waals surface area contributed by atoms with Gasteiger partial charge in [0.25, 0.3) is 0 Å². The van der Waals surface area contributed by atoms with Crippen molar-refractivity contribution in [2.75, 3.05) is 6.61 Å². The van der Waals surface area contributed by atoms with Crippen molar-refractivity contribution in [3.63, 3.8) is 0 Å². The van der Waals surface area contributed by atoms with Crippen molar-refractivity contribution in [2.45, 2.75) is 26.4 Å². The molecule has 0 amide bonds. The zero-order valence-electron chi connectivity index (χ0n) is 10.0. The van der Waals surface area contributed by atoms with E-state index in [1.807, 2.05) is 44.2 Å². The normalized spacial score (nSPS) is 24.3. The summed E-state index contributed by atoms with van der Waals surface area (Å²) in [5.41, 5.74) is 0.979. The highest BCUT2D eigenvalue weighted by molar-refractivity contribution is 7.84. The smallest absolute Gasteiger partial charge is 0.256 e. The Bertz CT molecular complexity index is 470. The van der Waals surface area contributed by atoms with Crippen LogP contribution in [0.25, 0.3) is 0 Å². The van der Waals surface area contributed by atoms with Gasteiger partial charge >= 0.3 is 10.3 Å². The fraction of sp³-hybridized carbons (Fsp3) is 0.500. The first kappa shape index (κ1) is 12.5. The molecule has 0 N–H and O–H groups in total. The number of nitrogens with zero attached hydrogens (tertiary/aromatic N) is 1. The minimum atomic E-state index is -3.55. The number of benzene rings is 1. The van der Waals surface area contributed by atoms with Crippen molar-refractivity contribution >= 4 is 10.3 Å². The van der Waals surface area contributed by atoms with Gasteiger partial charge in [0.1, 0.15) is 0 Å². The minimum absolute atomic E-state index is 0.0693. The van der Waals surface area contributed by atoms with Crippen LogP contribution in [0.1, 0.15) is 19.4 Å². The van der Waals surface area contributed by atoms with Crippen LogP contribution in [0.5, 0.6) is 0 Å². The second-order valence-corrected chi connectivity index (χ2v) is 6.14. The highest BCUT2D eigenvalue weighted by Gasteiger charge is 2.40. The highest BCUT2D eigenvalue weighted by Crippen LogP contribution is 2.26. The van der Waals surface area contributed by atoms with E-state index in [9.17, 15) is 8.42 Å². The second-order valence-electron chi connectivity index (χ2n) is 4.58. The standard InChI is InChI=1S/C12H17NO3S/c1-10(2)12-9-16-17(14,15)13(12)8-11-6-4-3-5-7-11/h3-7,10,12H,8-9H2,1-2H3. The Hall–Kier alpha value is -0.910. The summed E-state index contributed by atoms with van der Waals surface area (Å²) in [5, 5.41) is 0. The fourth-order valence-corrected chi connectivity index (χ4v) is 3.35. The molecule has 1 heterocycles. The molecule has 1 atom stereocenters. The van der Waals surface area contributed by atoms with E-state index in [-0.39, 0.29) is 18.6 Å². The molecule has 0 aromatic heterocycles. The zero-order valence-corrected chi connectivity index (χ0v) is 10.9. The monoisotopic (exact) mass is 255 g/mol. The zero-order chi connectivity index (χ0) is 12.5. The summed E-state index contributed by atoms with van der Waals surface area (Å²) >= 11 is 0. The molecule has 1 saturated heterocycles. The fourth-order valence-electron chi connectivity index (χ4n) is 1.96. The third-order valence-electron chi connectivity index (χ3n) is 3.00. The summed E-state index contributed by atoms with van der Waals surface area (Å²) < 4.78 is 29.9. The van der Waals surface area contributed by atoms with Crippen LogP contribution in [0.2, 0.25) is 0 Å². The van der Waals surface area contributed by atoms with Crippen molar-refractivity contribution in [1.82, 2.24) is 4.31 Å². The molecule has 0 bridgehead atoms. The molecule has 0 saturated carbocycles. The Morgan fingerprint density at radius 1 is 1.35 bits per heavy atom. The average molecular weight is 255 g/mol. The molecule has 1 aromatic carbocycles. The first-order chi connectivity index (χ1) is 8.00. The van der Waals surface area contributed by atoms with Gasteiger partial charge in [-0.25, -0.2) is 0 Å². The molecule has 17 heavy (non-hydrogen) atoms. The molecule has 1 aliphatic heterocycles. The van der Waals surface area contributed by atoms with Crippen molar-refractivity contribution in [3.8, 4) is 0 Å². The van der Waals surface area contributed by atoms with E-state index in [1.54, 1.807) is 0 Å². The predicted octanol–water partition coefficient (Wildman–Crippen LogP) is 1.79. The molecule has 0 spiro atoms. The van der Waals surface area contributed by atoms with E-state index in [0.29, 0.717) is 6.54 Å². The number of hydrogen-bond acceptors (Lipinski definition) is 3. The van der Waals surface area contributed by atoms with Gasteiger partial charge in [-0.2, -0.15) is 12.7 Å². The van der Waals surface area contributed by atoms with E-state index in [4.69, 9.17) is 4.18 Å². The lowest BCUT2D eigenvalue weighted by Crippen LogP contribution is -2.36. The summed E-state index contributed by atoms with van der Waals surface area (Å²) in [7, 11) is -3.55. The van der Waals surface area contributed by atoms with Crippen LogP contribution in [0.4, 0.5) is 0 Å². The summed E-state index contributed by atoms with van der Waals surface area (Å²) in [6.07, 6.45) is 0. The average Bonchev–Trinajstić information content (AvgIpc) is 2.56. The van der Waals surface area contributed by atoms with Gasteiger partial charge in [-0.05, 0) is 11.5 Å². The SMILES string of the molecule is CC(C)C1COS(=O)(=O)N1Cc1ccccc1. The maximum Gasteiger partial charge on any atom is 0.339 e. The first-order valence-electron chi connectivity index (χ1n) is 5.71. The molecule has 0 aliphatic carbocycles. The van der Waals surface area contributed by atoms with Crippen molar-refractivity contribution in [3.05, 3.63) is 35.9 Å². The van der Waals surface area contributed by atoms with E-state index in [2.05, 4.69) is 0 Å². The largest absolute Gasteiger partial charge is 0.339 e. The van der Waals surface area contributed by atoms with Gasteiger partial charge in [-0.3, -0.25) is 4.18 Å². The molecular formula is C12H17NO3S. The number of rotatable bonds is 3. The molecule has 1 aliphatic rings. The van der Waals surface area contributed by atoms with Gasteiger partial charge in [0.15, 0.2) is 0 Å². The van der Waals surface area contributed by atoms with Crippen LogP contribution in [-0.4, -0.2) is 25.4 Å². The van der Waals surface area contributed by atoms with E-state index in [1.165, 1.54) is 4.31 Å². The maximum absolute atomic E-state index is 11.8. The lowest BCUT2D eigenvalue weighted by Gasteiger charge is -2.23. The van der Waals surface area contributed by atoms with Gasteiger partial charge < -0.3 is 0 Å². The quantitative estimate of drug-likeness (QED) is 0.827. The van der Waals surface area contributed by atoms with Gasteiger partial charge in [0.05, 0.1) is 12.6 Å². The van der Waals surface area contributed by atoms with E-state index >= 15 is 0 Å². The molecule has 4 nitrogen and oxygen atoms in total. The van der Waals surface area contributed by atoms with Crippen LogP contribution >= 0.6 is 0 Å². The Morgan fingerprint density at radius 2 is 2.00 bits per heavy atom. The molecule has 94 valence electrons. The summed E-state index contributed by atoms with van der Waals surface area (Å²) in [6, 6.07) is 9.50. The summed E-state index contributed by atoms with van der Waals surface area (Å²) in [5.74, 6) is 0.246. The van der Waals surface area contributed by atoms with Gasteiger partial charge in [0, 0.05) is 6.54 Å². The lowest BCUT2D eigenvalue weighted by molar-refractivity contribution is 0.250. The molecule has 0 radical (unpaired) electrons. The van der Waals surface area contributed by atoms with Gasteiger partial charge in [0.2, 0.25) is 0 Å². The number of hydrogen-bond donors (Lipinski definition) is 0. The van der Waals surface area contributed by atoms with Crippen molar-refractivity contribution in [2.24, 2.45) is 5.92 Å². The second kappa shape index (κ2) is 4.76. The molecule has 2 rings (SSSR count). The van der Waals surface area contributed by atoms with E-state index in [0.717, 1.165) is 5.56 Å². The highest BCUT2D eigenvalue weighted by atomic mass is 32.2. The van der Waals surface area contributed by atoms with Crippen LogP contribution in [0.3, 0.4) is 0 Å². The van der Waals surface area contributed by atoms with Crippen LogP contribution < -0.4 is 0 Å². The van der Waals surface area contributed by atoms with Crippen LogP contribution in [-0.2, 0) is 21.0 Å². The van der Waals surface area contributed by atoms with Gasteiger partial charge in [-0.1, -0.05) is 44.2 Å². The van der Waals surface area contributed by atoms with Crippen molar-refractivity contribution in [1.29, 1.82) is 0 Å². The van der Waals surface area contributed by atoms with Gasteiger partial charge in [-0.15, -0.1) is 0 Å². The third-order valence-corrected chi connectivity index (χ3v) is 4.40. The Morgan fingerprint density at radius 3 is 2.59 bits per heavy atom. The van der Waals surface area contributed by atoms with Crippen molar-refractivity contribution < 1.29 is 12.6 Å². The lowest BCUT2D eigenvalue weighted by atomic mass is 10.1. The third kappa shape index (κ3) is 2.68. The predicted molar refractivity (Wildman–Crippen MR) is 65.5 cm³/mol. The molecule has 1 fully saturated rings. The van der Waals surface area contributed by atoms with Crippen LogP contribution in [0, 0.1) is 5.92 Å². The minimum Gasteiger partial charge on any atom is -0.256 e. The summed E-state index contributed by atoms with van der Waals surface area (Å²) in [4.78, 5) is 0. The molecule has 1 aromatic rings. The molecular weight excluding hydrogens is 238 g/mol. The Balaban J connectivity index is 2.22. The first-order valence-corrected chi connectivity index (χ1v) is 7.07. The Kier molecular flexibility index (Phi) is 3.51. The van der Waals surface area contributed by atoms with E-state index < -0.39 is 10.3 Å². The summed E-state index contributed by atoms with van der Waals surface area (Å²) in [6.45, 7) is 4.65. The maximum atomic E-state index is 11.8.